The molecule has 0 fully saturated rings. The van der Waals surface area contributed by atoms with Crippen LogP contribution in [-0.2, 0) is 19.0 Å². The summed E-state index contributed by atoms with van der Waals surface area (Å²) in [6.07, 6.45) is -0.902. The van der Waals surface area contributed by atoms with E-state index in [2.05, 4.69) is 21.0 Å². The summed E-state index contributed by atoms with van der Waals surface area (Å²) in [4.78, 5) is 37.5. The number of nitrogens with zero attached hydrogens (tertiary/aromatic N) is 2. The van der Waals surface area contributed by atoms with Crippen molar-refractivity contribution < 1.29 is 38.1 Å². The van der Waals surface area contributed by atoms with E-state index in [0.29, 0.717) is 15.7 Å². The quantitative estimate of drug-likeness (QED) is 0.307. The van der Waals surface area contributed by atoms with E-state index >= 15 is 0 Å². The number of hydrogen-bond acceptors (Lipinski definition) is 9. The molecule has 0 aliphatic carbocycles. The molecule has 11 heteroatoms. The minimum absolute atomic E-state index is 0.0949. The molecular formula is C24H23BrN2O8. The highest BCUT2D eigenvalue weighted by atomic mass is 79.9. The van der Waals surface area contributed by atoms with Gasteiger partial charge in [-0.15, -0.1) is 0 Å². The molecule has 0 saturated heterocycles. The Balaban J connectivity index is 2.27. The van der Waals surface area contributed by atoms with Gasteiger partial charge in [0.25, 0.3) is 0 Å². The second-order valence-electron chi connectivity index (χ2n) is 7.07. The van der Waals surface area contributed by atoms with Crippen LogP contribution in [0.1, 0.15) is 27.8 Å². The Morgan fingerprint density at radius 1 is 0.914 bits per heavy atom. The Bertz CT molecular complexity index is 1260. The monoisotopic (exact) mass is 546 g/mol. The van der Waals surface area contributed by atoms with Gasteiger partial charge in [-0.25, -0.2) is 19.1 Å². The minimum atomic E-state index is -0.902. The summed E-state index contributed by atoms with van der Waals surface area (Å²) in [5.41, 5.74) is 0.867. The van der Waals surface area contributed by atoms with Crippen LogP contribution >= 0.6 is 15.9 Å². The van der Waals surface area contributed by atoms with E-state index in [1.807, 2.05) is 6.07 Å². The molecule has 0 aliphatic heterocycles. The van der Waals surface area contributed by atoms with Gasteiger partial charge in [-0.05, 0) is 47.1 Å². The van der Waals surface area contributed by atoms with E-state index in [1.54, 1.807) is 36.4 Å². The first-order valence-electron chi connectivity index (χ1n) is 10.2. The molecule has 0 amide bonds. The standard InChI is InChI=1S/C24H23BrN2O8/c1-13(22(28)32-3)35-18-12-16(25)15(11-17(18)31-2)20-19(23(29)33-4)21(24(30)34-5)27(26-20)14-9-7-6-8-10-14/h6-13H,1-5H3. The average Bonchev–Trinajstić information content (AvgIpc) is 3.28. The summed E-state index contributed by atoms with van der Waals surface area (Å²) in [5, 5.41) is 4.57. The fourth-order valence-corrected chi connectivity index (χ4v) is 3.83. The molecule has 1 aromatic heterocycles. The molecule has 0 aliphatic rings. The van der Waals surface area contributed by atoms with Crippen LogP contribution in [0.3, 0.4) is 0 Å². The number of para-hydroxylation sites is 1. The fraction of sp³-hybridized carbons (Fsp3) is 0.250. The molecular weight excluding hydrogens is 524 g/mol. The smallest absolute Gasteiger partial charge is 0.357 e. The van der Waals surface area contributed by atoms with Crippen molar-refractivity contribution in [3.63, 3.8) is 0 Å². The molecule has 1 atom stereocenters. The topological polar surface area (TPSA) is 115 Å². The van der Waals surface area contributed by atoms with Crippen LogP contribution in [0.2, 0.25) is 0 Å². The van der Waals surface area contributed by atoms with Crippen LogP contribution < -0.4 is 9.47 Å². The predicted molar refractivity (Wildman–Crippen MR) is 128 cm³/mol. The lowest BCUT2D eigenvalue weighted by molar-refractivity contribution is -0.147. The summed E-state index contributed by atoms with van der Waals surface area (Å²) in [7, 11) is 5.09. The molecule has 3 aromatic rings. The van der Waals surface area contributed by atoms with Crippen molar-refractivity contribution in [1.82, 2.24) is 9.78 Å². The average molecular weight is 547 g/mol. The van der Waals surface area contributed by atoms with Crippen LogP contribution in [0.25, 0.3) is 16.9 Å². The number of aromatic nitrogens is 2. The summed E-state index contributed by atoms with van der Waals surface area (Å²) >= 11 is 3.47. The molecule has 0 saturated carbocycles. The molecule has 0 radical (unpaired) electrons. The number of halogens is 1. The zero-order chi connectivity index (χ0) is 25.7. The second kappa shape index (κ2) is 11.0. The molecule has 184 valence electrons. The van der Waals surface area contributed by atoms with Gasteiger partial charge in [0.2, 0.25) is 0 Å². The van der Waals surface area contributed by atoms with Crippen LogP contribution in [0.5, 0.6) is 11.5 Å². The van der Waals surface area contributed by atoms with Crippen molar-refractivity contribution in [1.29, 1.82) is 0 Å². The number of carbonyl (C=O) groups excluding carboxylic acids is 3. The number of rotatable bonds is 8. The number of methoxy groups -OCH3 is 4. The fourth-order valence-electron chi connectivity index (χ4n) is 3.32. The SMILES string of the molecule is COC(=O)c1c(-c2cc(OC)c(OC(C)C(=O)OC)cc2Br)nn(-c2ccccc2)c1C(=O)OC. The first-order valence-corrected chi connectivity index (χ1v) is 11.0. The molecule has 0 N–H and O–H groups in total. The lowest BCUT2D eigenvalue weighted by atomic mass is 10.0. The van der Waals surface area contributed by atoms with Gasteiger partial charge in [0.1, 0.15) is 11.3 Å². The molecule has 0 spiro atoms. The van der Waals surface area contributed by atoms with Crippen molar-refractivity contribution in [2.45, 2.75) is 13.0 Å². The van der Waals surface area contributed by atoms with Crippen molar-refractivity contribution in [2.24, 2.45) is 0 Å². The predicted octanol–water partition coefficient (Wildman–Crippen LogP) is 3.82. The normalized spacial score (nSPS) is 11.4. The Labute approximate surface area is 209 Å². The van der Waals surface area contributed by atoms with E-state index in [0.717, 1.165) is 0 Å². The van der Waals surface area contributed by atoms with Gasteiger partial charge in [-0.3, -0.25) is 0 Å². The van der Waals surface area contributed by atoms with Gasteiger partial charge in [-0.2, -0.15) is 5.10 Å². The van der Waals surface area contributed by atoms with E-state index in [-0.39, 0.29) is 28.5 Å². The van der Waals surface area contributed by atoms with E-state index in [4.69, 9.17) is 23.7 Å². The van der Waals surface area contributed by atoms with Crippen LogP contribution in [0, 0.1) is 0 Å². The Morgan fingerprint density at radius 3 is 2.14 bits per heavy atom. The highest BCUT2D eigenvalue weighted by Gasteiger charge is 2.32. The van der Waals surface area contributed by atoms with Crippen LogP contribution in [0.4, 0.5) is 0 Å². The summed E-state index contributed by atoms with van der Waals surface area (Å²) in [6, 6.07) is 11.9. The van der Waals surface area contributed by atoms with Crippen LogP contribution in [-0.4, -0.2) is 62.2 Å². The van der Waals surface area contributed by atoms with Gasteiger partial charge in [0.15, 0.2) is 23.3 Å². The summed E-state index contributed by atoms with van der Waals surface area (Å²) < 4.78 is 27.5. The zero-order valence-corrected chi connectivity index (χ0v) is 21.2. The number of hydrogen-bond donors (Lipinski definition) is 0. The minimum Gasteiger partial charge on any atom is -0.493 e. The molecule has 10 nitrogen and oxygen atoms in total. The Hall–Kier alpha value is -3.86. The number of carbonyl (C=O) groups is 3. The lowest BCUT2D eigenvalue weighted by Crippen LogP contribution is -2.25. The summed E-state index contributed by atoms with van der Waals surface area (Å²) in [6.45, 7) is 1.53. The van der Waals surface area contributed by atoms with Gasteiger partial charge in [-0.1, -0.05) is 18.2 Å². The van der Waals surface area contributed by atoms with E-state index < -0.39 is 24.0 Å². The number of benzene rings is 2. The van der Waals surface area contributed by atoms with Crippen molar-refractivity contribution >= 4 is 33.8 Å². The zero-order valence-electron chi connectivity index (χ0n) is 19.7. The van der Waals surface area contributed by atoms with E-state index in [9.17, 15) is 14.4 Å². The first-order chi connectivity index (χ1) is 16.8. The third-order valence-corrected chi connectivity index (χ3v) is 5.66. The largest absolute Gasteiger partial charge is 0.493 e. The highest BCUT2D eigenvalue weighted by molar-refractivity contribution is 9.10. The third-order valence-electron chi connectivity index (χ3n) is 5.00. The lowest BCUT2D eigenvalue weighted by Gasteiger charge is -2.17. The molecule has 0 bridgehead atoms. The van der Waals surface area contributed by atoms with Gasteiger partial charge in [0, 0.05) is 10.0 Å². The van der Waals surface area contributed by atoms with E-state index in [1.165, 1.54) is 40.0 Å². The van der Waals surface area contributed by atoms with Gasteiger partial charge in [0.05, 0.1) is 34.1 Å². The van der Waals surface area contributed by atoms with Crippen molar-refractivity contribution in [3.8, 4) is 28.4 Å². The number of esters is 3. The maximum atomic E-state index is 12.9. The maximum absolute atomic E-state index is 12.9. The third kappa shape index (κ3) is 5.14. The van der Waals surface area contributed by atoms with Crippen LogP contribution in [0.15, 0.2) is 46.9 Å². The number of ether oxygens (including phenoxy) is 5. The Kier molecular flexibility index (Phi) is 8.13. The van der Waals surface area contributed by atoms with Gasteiger partial charge >= 0.3 is 17.9 Å². The highest BCUT2D eigenvalue weighted by Crippen LogP contribution is 2.41. The molecule has 1 heterocycles. The molecule has 35 heavy (non-hydrogen) atoms. The first kappa shape index (κ1) is 25.8. The van der Waals surface area contributed by atoms with Gasteiger partial charge < -0.3 is 23.7 Å². The molecule has 3 rings (SSSR count). The maximum Gasteiger partial charge on any atom is 0.357 e. The Morgan fingerprint density at radius 2 is 1.57 bits per heavy atom. The molecule has 1 unspecified atom stereocenters. The summed E-state index contributed by atoms with van der Waals surface area (Å²) in [5.74, 6) is -1.62. The molecule has 2 aromatic carbocycles. The van der Waals surface area contributed by atoms with Crippen molar-refractivity contribution in [3.05, 3.63) is 58.2 Å². The second-order valence-corrected chi connectivity index (χ2v) is 7.92. The van der Waals surface area contributed by atoms with Crippen molar-refractivity contribution in [2.75, 3.05) is 28.4 Å².